The first-order valence-electron chi connectivity index (χ1n) is 25.2. The summed E-state index contributed by atoms with van der Waals surface area (Å²) in [5.41, 5.74) is 24.6. The Hall–Kier alpha value is -9.45. The number of hydrogen-bond donors (Lipinski definition) is 1. The Labute approximate surface area is 427 Å². The normalized spacial score (nSPS) is 12.4. The summed E-state index contributed by atoms with van der Waals surface area (Å²) in [5.74, 6) is 0. The number of fused-ring (bicyclic) bond motifs is 7. The van der Waals surface area contributed by atoms with Crippen LogP contribution in [-0.4, -0.2) is 14.0 Å². The Morgan fingerprint density at radius 2 is 0.822 bits per heavy atom. The fourth-order valence-corrected chi connectivity index (χ4v) is 11.7. The molecule has 0 aromatic heterocycles. The first-order valence-corrected chi connectivity index (χ1v) is 25.2. The minimum Gasteiger partial charge on any atom is -0.355 e. The van der Waals surface area contributed by atoms with E-state index in [1.54, 1.807) is 0 Å². The molecule has 0 saturated heterocycles. The van der Waals surface area contributed by atoms with Gasteiger partial charge in [-0.1, -0.05) is 163 Å². The highest BCUT2D eigenvalue weighted by Crippen LogP contribution is 2.49. The second-order valence-electron chi connectivity index (χ2n) is 19.0. The van der Waals surface area contributed by atoms with Crippen LogP contribution >= 0.6 is 0 Å². The maximum absolute atomic E-state index is 3.85. The quantitative estimate of drug-likeness (QED) is 0.138. The molecule has 5 nitrogen and oxygen atoms in total. The molecule has 0 atom stereocenters. The summed E-state index contributed by atoms with van der Waals surface area (Å²) < 4.78 is 0. The molecule has 0 radical (unpaired) electrons. The van der Waals surface area contributed by atoms with Gasteiger partial charge in [-0.3, -0.25) is 0 Å². The van der Waals surface area contributed by atoms with Crippen molar-refractivity contribution in [1.82, 2.24) is 0 Å². The number of hydrogen-bond acceptors (Lipinski definition) is 5. The summed E-state index contributed by atoms with van der Waals surface area (Å²) in [6.45, 7) is -0.0890. The van der Waals surface area contributed by atoms with Crippen LogP contribution in [0.4, 0.5) is 79.6 Å². The molecule has 0 bridgehead atoms. The van der Waals surface area contributed by atoms with Gasteiger partial charge in [-0.2, -0.15) is 0 Å². The lowest BCUT2D eigenvalue weighted by atomic mass is 9.32. The Morgan fingerprint density at radius 1 is 0.356 bits per heavy atom. The number of benzene rings is 11. The minimum atomic E-state index is -0.0890. The molecule has 3 aliphatic heterocycles. The Kier molecular flexibility index (Phi) is 10.3. The van der Waals surface area contributed by atoms with E-state index in [1.165, 1.54) is 55.6 Å². The maximum atomic E-state index is 3.85. The third kappa shape index (κ3) is 7.19. The summed E-state index contributed by atoms with van der Waals surface area (Å²) >= 11 is 0. The van der Waals surface area contributed by atoms with E-state index in [4.69, 9.17) is 0 Å². The number of anilines is 14. The van der Waals surface area contributed by atoms with Gasteiger partial charge in [0.05, 0.1) is 0 Å². The smallest absolute Gasteiger partial charge is 0.252 e. The summed E-state index contributed by atoms with van der Waals surface area (Å²) in [6, 6.07) is 99.3. The topological polar surface area (TPSA) is 25.0 Å². The maximum Gasteiger partial charge on any atom is 0.252 e. The SMILES string of the molecule is B1c2ccccc2N2c3cc(N(c4ccccc4)c4ccccc4)ccc3B3c4ccc(N(c5ccccc5)c5ccccc5)cc4N(c4ccccc4)c4cc(-c5ccccc5Nc5ccccc5)c1c2c43. The highest BCUT2D eigenvalue weighted by atomic mass is 15.2. The fourth-order valence-electron chi connectivity index (χ4n) is 11.7. The second kappa shape index (κ2) is 17.7. The van der Waals surface area contributed by atoms with Crippen LogP contribution in [0.2, 0.25) is 0 Å². The number of nitrogens with zero attached hydrogens (tertiary/aromatic N) is 4. The molecular weight excluding hydrogens is 884 g/mol. The fraction of sp³-hybridized carbons (Fsp3) is 0. The molecule has 0 aliphatic carbocycles. The molecule has 11 aromatic carbocycles. The van der Waals surface area contributed by atoms with Crippen molar-refractivity contribution in [2.24, 2.45) is 0 Å². The van der Waals surface area contributed by atoms with Gasteiger partial charge in [0.2, 0.25) is 0 Å². The standard InChI is InChI=1S/C66H47B2N5/c1-7-23-46(24-8-1)69-59-37-21-19-35-54(59)55-45-63-65-66-64(55)67-56-36-20-22-38-60(56)73(66)62-44-53(71(49-29-13-4-14-30-49)50-31-15-5-16-32-50)40-42-58(62)68(65)57-41-39-52(43-61(57)72(63)51-33-17-6-18-34-51)70(47-25-9-2-10-26-47)48-27-11-3-12-28-48/h1-45,67,69H. The van der Waals surface area contributed by atoms with Crippen molar-refractivity contribution < 1.29 is 0 Å². The zero-order valence-corrected chi connectivity index (χ0v) is 40.1. The highest BCUT2D eigenvalue weighted by molar-refractivity contribution is 7.01. The zero-order chi connectivity index (χ0) is 48.2. The van der Waals surface area contributed by atoms with Crippen molar-refractivity contribution >= 4 is 121 Å². The van der Waals surface area contributed by atoms with Gasteiger partial charge in [0, 0.05) is 85.2 Å². The minimum absolute atomic E-state index is 0.0890. The lowest BCUT2D eigenvalue weighted by molar-refractivity contribution is 1.24. The van der Waals surface area contributed by atoms with Gasteiger partial charge in [-0.15, -0.1) is 0 Å². The molecule has 0 fully saturated rings. The van der Waals surface area contributed by atoms with Gasteiger partial charge in [-0.05, 0) is 143 Å². The van der Waals surface area contributed by atoms with Crippen molar-refractivity contribution in [2.45, 2.75) is 0 Å². The molecular formula is C66H47B2N5. The van der Waals surface area contributed by atoms with Crippen molar-refractivity contribution in [3.8, 4) is 11.1 Å². The lowest BCUT2D eigenvalue weighted by Crippen LogP contribution is -2.64. The molecule has 7 heteroatoms. The predicted octanol–water partition coefficient (Wildman–Crippen LogP) is 13.8. The van der Waals surface area contributed by atoms with Gasteiger partial charge in [-0.25, -0.2) is 0 Å². The Balaban J connectivity index is 1.08. The molecule has 73 heavy (non-hydrogen) atoms. The Morgan fingerprint density at radius 3 is 1.38 bits per heavy atom. The monoisotopic (exact) mass is 931 g/mol. The van der Waals surface area contributed by atoms with E-state index < -0.39 is 0 Å². The van der Waals surface area contributed by atoms with E-state index in [2.05, 4.69) is 298 Å². The number of rotatable bonds is 10. The third-order valence-electron chi connectivity index (χ3n) is 14.8. The van der Waals surface area contributed by atoms with E-state index in [1.807, 2.05) is 0 Å². The van der Waals surface area contributed by atoms with Gasteiger partial charge in [0.25, 0.3) is 6.71 Å². The first kappa shape index (κ1) is 42.4. The van der Waals surface area contributed by atoms with Crippen molar-refractivity contribution in [3.63, 3.8) is 0 Å². The van der Waals surface area contributed by atoms with Crippen LogP contribution in [0.3, 0.4) is 0 Å². The van der Waals surface area contributed by atoms with Crippen molar-refractivity contribution in [1.29, 1.82) is 0 Å². The van der Waals surface area contributed by atoms with E-state index in [0.717, 1.165) is 69.7 Å². The average molecular weight is 932 g/mol. The van der Waals surface area contributed by atoms with Crippen LogP contribution in [0, 0.1) is 0 Å². The second-order valence-corrected chi connectivity index (χ2v) is 19.0. The molecule has 1 N–H and O–H groups in total. The van der Waals surface area contributed by atoms with E-state index >= 15 is 0 Å². The van der Waals surface area contributed by atoms with Crippen LogP contribution in [0.25, 0.3) is 11.1 Å². The molecule has 11 aromatic rings. The largest absolute Gasteiger partial charge is 0.355 e. The van der Waals surface area contributed by atoms with Crippen LogP contribution in [0.5, 0.6) is 0 Å². The van der Waals surface area contributed by atoms with Gasteiger partial charge in [0.1, 0.15) is 0 Å². The average Bonchev–Trinajstić information content (AvgIpc) is 3.46. The zero-order valence-electron chi connectivity index (χ0n) is 40.1. The van der Waals surface area contributed by atoms with Gasteiger partial charge < -0.3 is 24.9 Å². The molecule has 0 unspecified atom stereocenters. The molecule has 342 valence electrons. The van der Waals surface area contributed by atoms with Crippen LogP contribution in [0.1, 0.15) is 0 Å². The summed E-state index contributed by atoms with van der Waals surface area (Å²) in [5, 5.41) is 3.85. The van der Waals surface area contributed by atoms with Gasteiger partial charge >= 0.3 is 0 Å². The number of para-hydroxylation sites is 8. The summed E-state index contributed by atoms with van der Waals surface area (Å²) in [4.78, 5) is 9.92. The predicted molar refractivity (Wildman–Crippen MR) is 311 cm³/mol. The summed E-state index contributed by atoms with van der Waals surface area (Å²) in [6.07, 6.45) is 0. The van der Waals surface area contributed by atoms with E-state index in [-0.39, 0.29) is 6.71 Å². The van der Waals surface area contributed by atoms with Crippen molar-refractivity contribution in [2.75, 3.05) is 24.9 Å². The molecule has 3 heterocycles. The van der Waals surface area contributed by atoms with E-state index in [0.29, 0.717) is 0 Å². The number of nitrogens with one attached hydrogen (secondary N) is 1. The van der Waals surface area contributed by atoms with Crippen LogP contribution < -0.4 is 52.2 Å². The molecule has 0 spiro atoms. The van der Waals surface area contributed by atoms with Gasteiger partial charge in [0.15, 0.2) is 7.28 Å². The first-order chi connectivity index (χ1) is 36.2. The third-order valence-corrected chi connectivity index (χ3v) is 14.8. The Bertz CT molecular complexity index is 3730. The van der Waals surface area contributed by atoms with E-state index in [9.17, 15) is 0 Å². The molecule has 0 saturated carbocycles. The highest BCUT2D eigenvalue weighted by Gasteiger charge is 2.47. The van der Waals surface area contributed by atoms with Crippen LogP contribution in [0.15, 0.2) is 273 Å². The lowest BCUT2D eigenvalue weighted by Gasteiger charge is -2.48. The van der Waals surface area contributed by atoms with Crippen molar-refractivity contribution in [3.05, 3.63) is 273 Å². The molecule has 3 aliphatic rings. The van der Waals surface area contributed by atoms with Crippen LogP contribution in [-0.2, 0) is 0 Å². The molecule has 0 amide bonds. The summed E-state index contributed by atoms with van der Waals surface area (Å²) in [7, 11) is 0.784. The molecule has 14 rings (SSSR count).